The summed E-state index contributed by atoms with van der Waals surface area (Å²) in [6, 6.07) is 11.2. The van der Waals surface area contributed by atoms with Crippen molar-refractivity contribution in [2.45, 2.75) is 0 Å². The summed E-state index contributed by atoms with van der Waals surface area (Å²) in [6.07, 6.45) is 7.13. The quantitative estimate of drug-likeness (QED) is 0.888. The van der Waals surface area contributed by atoms with Crippen LogP contribution in [0.2, 0.25) is 0 Å². The third-order valence-electron chi connectivity index (χ3n) is 2.42. The van der Waals surface area contributed by atoms with Crippen molar-refractivity contribution >= 4 is 23.3 Å². The highest BCUT2D eigenvalue weighted by atomic mass is 15.1. The van der Waals surface area contributed by atoms with Crippen molar-refractivity contribution in [2.75, 3.05) is 0 Å². The number of nitrogens with one attached hydrogen (secondary N) is 1. The van der Waals surface area contributed by atoms with Gasteiger partial charge in [-0.1, -0.05) is 12.1 Å². The minimum Gasteiger partial charge on any atom is -0.325 e. The molecule has 3 heterocycles. The first kappa shape index (κ1) is 11.3. The summed E-state index contributed by atoms with van der Waals surface area (Å²) in [5.74, 6) is 2.75. The topological polar surface area (TPSA) is 62.5 Å². The third kappa shape index (κ3) is 2.90. The van der Waals surface area contributed by atoms with Gasteiger partial charge in [0.05, 0.1) is 0 Å². The Hall–Kier alpha value is -2.82. The molecule has 19 heavy (non-hydrogen) atoms. The molecule has 1 N–H and O–H groups in total. The molecule has 0 aliphatic carbocycles. The van der Waals surface area contributed by atoms with Crippen LogP contribution in [0.3, 0.4) is 0 Å². The lowest BCUT2D eigenvalue weighted by molar-refractivity contribution is 1.23. The molecule has 0 saturated carbocycles. The zero-order valence-electron chi connectivity index (χ0n) is 10.1. The van der Waals surface area contributed by atoms with Crippen molar-refractivity contribution in [3.63, 3.8) is 0 Å². The number of hydrogen-bond acceptors (Lipinski definition) is 4. The lowest BCUT2D eigenvalue weighted by atomic mass is 10.4. The molecule has 0 spiro atoms. The Morgan fingerprint density at radius 1 is 0.737 bits per heavy atom. The Morgan fingerprint density at radius 2 is 1.26 bits per heavy atom. The van der Waals surface area contributed by atoms with E-state index in [2.05, 4.69) is 25.3 Å². The van der Waals surface area contributed by atoms with E-state index in [0.717, 1.165) is 0 Å². The molecule has 3 rings (SSSR count). The van der Waals surface area contributed by atoms with Crippen molar-refractivity contribution in [3.05, 3.63) is 60.9 Å². The third-order valence-corrected chi connectivity index (χ3v) is 2.42. The summed E-state index contributed by atoms with van der Waals surface area (Å²) in [7, 11) is 0. The monoisotopic (exact) mass is 249 g/mol. The molecule has 5 nitrogen and oxygen atoms in total. The van der Waals surface area contributed by atoms with Gasteiger partial charge in [-0.05, 0) is 36.4 Å². The van der Waals surface area contributed by atoms with Gasteiger partial charge in [0.15, 0.2) is 11.6 Å². The fourth-order valence-electron chi connectivity index (χ4n) is 1.59. The summed E-state index contributed by atoms with van der Waals surface area (Å²) < 4.78 is 0. The summed E-state index contributed by atoms with van der Waals surface area (Å²) >= 11 is 0. The number of amidine groups is 2. The van der Waals surface area contributed by atoms with Crippen LogP contribution < -0.4 is 5.32 Å². The number of aromatic nitrogens is 2. The Morgan fingerprint density at radius 3 is 1.68 bits per heavy atom. The normalized spacial score (nSPS) is 17.9. The molecule has 1 aliphatic heterocycles. The van der Waals surface area contributed by atoms with Gasteiger partial charge < -0.3 is 5.32 Å². The van der Waals surface area contributed by atoms with Crippen molar-refractivity contribution < 1.29 is 0 Å². The van der Waals surface area contributed by atoms with E-state index in [1.165, 1.54) is 0 Å². The smallest absolute Gasteiger partial charge is 0.154 e. The Labute approximate surface area is 110 Å². The summed E-state index contributed by atoms with van der Waals surface area (Å²) in [5.41, 5.74) is 0. The molecule has 0 aromatic carbocycles. The van der Waals surface area contributed by atoms with Crippen LogP contribution in [0.25, 0.3) is 0 Å². The van der Waals surface area contributed by atoms with Gasteiger partial charge in [0.1, 0.15) is 11.7 Å². The standard InChI is InChI=1S/C14H11N5/c1-3-9-15-11(5-1)17-13-7-8-14(19-13)18-12-6-2-4-10-16-12/h1-10H,(H,15,16,17,18,19). The van der Waals surface area contributed by atoms with E-state index in [1.54, 1.807) is 12.4 Å². The van der Waals surface area contributed by atoms with E-state index in [1.807, 2.05) is 48.6 Å². The molecule has 0 radical (unpaired) electrons. The predicted octanol–water partition coefficient (Wildman–Crippen LogP) is 2.40. The molecular formula is C14H11N5. The van der Waals surface area contributed by atoms with E-state index in [0.29, 0.717) is 23.3 Å². The van der Waals surface area contributed by atoms with Crippen molar-refractivity contribution in [1.29, 1.82) is 0 Å². The van der Waals surface area contributed by atoms with Gasteiger partial charge in [-0.15, -0.1) is 0 Å². The first-order valence-electron chi connectivity index (χ1n) is 5.85. The molecule has 0 bridgehead atoms. The van der Waals surface area contributed by atoms with E-state index in [9.17, 15) is 0 Å². The largest absolute Gasteiger partial charge is 0.325 e. The molecule has 5 heteroatoms. The number of rotatable bonds is 2. The van der Waals surface area contributed by atoms with Crippen molar-refractivity contribution in [2.24, 2.45) is 9.98 Å². The maximum Gasteiger partial charge on any atom is 0.154 e. The summed E-state index contributed by atoms with van der Waals surface area (Å²) in [4.78, 5) is 17.0. The van der Waals surface area contributed by atoms with E-state index in [4.69, 9.17) is 0 Å². The summed E-state index contributed by atoms with van der Waals surface area (Å²) in [5, 5.41) is 3.10. The number of aliphatic imine (C=N–C) groups is 2. The maximum absolute atomic E-state index is 4.36. The number of pyridine rings is 2. The van der Waals surface area contributed by atoms with Crippen LogP contribution in [-0.2, 0) is 0 Å². The Kier molecular flexibility index (Phi) is 3.10. The molecule has 0 atom stereocenters. The average Bonchev–Trinajstić information content (AvgIpc) is 2.88. The maximum atomic E-state index is 4.36. The molecule has 0 unspecified atom stereocenters. The second kappa shape index (κ2) is 5.22. The van der Waals surface area contributed by atoms with E-state index in [-0.39, 0.29) is 0 Å². The lowest BCUT2D eigenvalue weighted by Crippen LogP contribution is -2.21. The van der Waals surface area contributed by atoms with Crippen molar-refractivity contribution in [1.82, 2.24) is 15.3 Å². The molecule has 0 amide bonds. The Bertz CT molecular complexity index is 587. The number of hydrogen-bond donors (Lipinski definition) is 1. The second-order valence-corrected chi connectivity index (χ2v) is 3.83. The van der Waals surface area contributed by atoms with Gasteiger partial charge >= 0.3 is 0 Å². The Balaban J connectivity index is 1.77. The minimum absolute atomic E-state index is 0.661. The predicted molar refractivity (Wildman–Crippen MR) is 74.9 cm³/mol. The van der Waals surface area contributed by atoms with Crippen LogP contribution in [0.4, 0.5) is 11.6 Å². The molecular weight excluding hydrogens is 238 g/mol. The van der Waals surface area contributed by atoms with Gasteiger partial charge in [0.2, 0.25) is 0 Å². The fourth-order valence-corrected chi connectivity index (χ4v) is 1.59. The molecule has 2 aromatic rings. The highest BCUT2D eigenvalue weighted by molar-refractivity contribution is 6.18. The van der Waals surface area contributed by atoms with Crippen molar-refractivity contribution in [3.8, 4) is 0 Å². The molecule has 1 aliphatic rings. The van der Waals surface area contributed by atoms with Gasteiger partial charge in [0.25, 0.3) is 0 Å². The van der Waals surface area contributed by atoms with Crippen LogP contribution in [0.1, 0.15) is 0 Å². The first-order valence-corrected chi connectivity index (χ1v) is 5.85. The van der Waals surface area contributed by atoms with Crippen LogP contribution in [0.5, 0.6) is 0 Å². The van der Waals surface area contributed by atoms with Gasteiger partial charge in [-0.3, -0.25) is 0 Å². The SMILES string of the molecule is C1=CC(=N\c2ccccn2)/N/C1=N\c1ccccn1. The fraction of sp³-hybridized carbons (Fsp3) is 0. The molecule has 92 valence electrons. The van der Waals surface area contributed by atoms with Gasteiger partial charge in [0, 0.05) is 12.4 Å². The zero-order valence-corrected chi connectivity index (χ0v) is 10.1. The highest BCUT2D eigenvalue weighted by Crippen LogP contribution is 2.09. The van der Waals surface area contributed by atoms with Crippen LogP contribution >= 0.6 is 0 Å². The highest BCUT2D eigenvalue weighted by Gasteiger charge is 2.07. The van der Waals surface area contributed by atoms with Gasteiger partial charge in [-0.25, -0.2) is 20.0 Å². The lowest BCUT2D eigenvalue weighted by Gasteiger charge is -1.99. The van der Waals surface area contributed by atoms with E-state index >= 15 is 0 Å². The second-order valence-electron chi connectivity index (χ2n) is 3.83. The molecule has 2 aromatic heterocycles. The van der Waals surface area contributed by atoms with Crippen LogP contribution in [-0.4, -0.2) is 21.6 Å². The molecule has 0 fully saturated rings. The average molecular weight is 249 g/mol. The number of nitrogens with zero attached hydrogens (tertiary/aromatic N) is 4. The molecule has 0 saturated heterocycles. The summed E-state index contributed by atoms with van der Waals surface area (Å²) in [6.45, 7) is 0. The zero-order chi connectivity index (χ0) is 12.9. The van der Waals surface area contributed by atoms with Crippen LogP contribution in [0, 0.1) is 0 Å². The van der Waals surface area contributed by atoms with Gasteiger partial charge in [-0.2, -0.15) is 0 Å². The van der Waals surface area contributed by atoms with E-state index < -0.39 is 0 Å². The first-order chi connectivity index (χ1) is 9.40. The minimum atomic E-state index is 0.661. The van der Waals surface area contributed by atoms with Crippen LogP contribution in [0.15, 0.2) is 70.9 Å².